The molecule has 5 heteroatoms. The Hall–Kier alpha value is -2.14. The van der Waals surface area contributed by atoms with Gasteiger partial charge in [0.15, 0.2) is 0 Å². The third kappa shape index (κ3) is 2.64. The molecular formula is C17H22N4O. The smallest absolute Gasteiger partial charge is 0.145 e. The first-order valence-corrected chi connectivity index (χ1v) is 7.62. The Morgan fingerprint density at radius 1 is 1.36 bits per heavy atom. The SMILES string of the molecule is CCc1nc(-c2cc3c(c(OC)c2)CCN(C)C3)cnc1N. The maximum Gasteiger partial charge on any atom is 0.145 e. The highest BCUT2D eigenvalue weighted by molar-refractivity contribution is 5.65. The van der Waals surface area contributed by atoms with Gasteiger partial charge in [-0.05, 0) is 43.1 Å². The first-order valence-electron chi connectivity index (χ1n) is 7.62. The normalized spacial score (nSPS) is 14.7. The standard InChI is InChI=1S/C17H22N4O/c1-4-14-17(18)19-9-15(20-14)11-7-12-10-21(2)6-5-13(12)16(8-11)22-3/h7-9H,4-6,10H2,1-3H3,(H2,18,19). The van der Waals surface area contributed by atoms with E-state index in [1.165, 1.54) is 11.1 Å². The molecular weight excluding hydrogens is 276 g/mol. The van der Waals surface area contributed by atoms with Gasteiger partial charge in [-0.2, -0.15) is 0 Å². The predicted octanol–water partition coefficient (Wildman–Crippen LogP) is 2.28. The second-order valence-corrected chi connectivity index (χ2v) is 5.74. The highest BCUT2D eigenvalue weighted by Crippen LogP contribution is 2.33. The molecule has 0 radical (unpaired) electrons. The Labute approximate surface area is 131 Å². The largest absolute Gasteiger partial charge is 0.496 e. The fraction of sp³-hybridized carbons (Fsp3) is 0.412. The van der Waals surface area contributed by atoms with Crippen molar-refractivity contribution >= 4 is 5.82 Å². The number of methoxy groups -OCH3 is 1. The van der Waals surface area contributed by atoms with Crippen molar-refractivity contribution in [2.45, 2.75) is 26.3 Å². The molecule has 1 aromatic carbocycles. The lowest BCUT2D eigenvalue weighted by atomic mass is 9.95. The molecule has 0 aliphatic carbocycles. The number of anilines is 1. The number of rotatable bonds is 3. The minimum Gasteiger partial charge on any atom is -0.496 e. The Morgan fingerprint density at radius 2 is 2.18 bits per heavy atom. The maximum absolute atomic E-state index is 5.86. The number of aryl methyl sites for hydroxylation is 1. The number of hydrogen-bond donors (Lipinski definition) is 1. The van der Waals surface area contributed by atoms with E-state index in [1.54, 1.807) is 13.3 Å². The van der Waals surface area contributed by atoms with Gasteiger partial charge in [0.1, 0.15) is 11.6 Å². The Morgan fingerprint density at radius 3 is 2.91 bits per heavy atom. The van der Waals surface area contributed by atoms with Crippen LogP contribution in [0.5, 0.6) is 5.75 Å². The highest BCUT2D eigenvalue weighted by Gasteiger charge is 2.19. The molecule has 0 amide bonds. The number of fused-ring (bicyclic) bond motifs is 1. The van der Waals surface area contributed by atoms with Crippen LogP contribution in [0.4, 0.5) is 5.82 Å². The van der Waals surface area contributed by atoms with E-state index in [-0.39, 0.29) is 0 Å². The third-order valence-electron chi connectivity index (χ3n) is 4.21. The van der Waals surface area contributed by atoms with Crippen LogP contribution in [-0.4, -0.2) is 35.6 Å². The average molecular weight is 298 g/mol. The van der Waals surface area contributed by atoms with Gasteiger partial charge in [0.25, 0.3) is 0 Å². The van der Waals surface area contributed by atoms with Crippen LogP contribution in [0.25, 0.3) is 11.3 Å². The first-order chi connectivity index (χ1) is 10.6. The molecule has 1 aliphatic rings. The van der Waals surface area contributed by atoms with Crippen molar-refractivity contribution in [3.8, 4) is 17.0 Å². The zero-order valence-corrected chi connectivity index (χ0v) is 13.4. The topological polar surface area (TPSA) is 64.3 Å². The number of hydrogen-bond acceptors (Lipinski definition) is 5. The molecule has 116 valence electrons. The van der Waals surface area contributed by atoms with Crippen molar-refractivity contribution < 1.29 is 4.74 Å². The van der Waals surface area contributed by atoms with Gasteiger partial charge >= 0.3 is 0 Å². The van der Waals surface area contributed by atoms with Crippen LogP contribution in [-0.2, 0) is 19.4 Å². The summed E-state index contributed by atoms with van der Waals surface area (Å²) >= 11 is 0. The summed E-state index contributed by atoms with van der Waals surface area (Å²) in [5.74, 6) is 1.45. The summed E-state index contributed by atoms with van der Waals surface area (Å²) < 4.78 is 5.60. The van der Waals surface area contributed by atoms with Gasteiger partial charge in [0.2, 0.25) is 0 Å². The van der Waals surface area contributed by atoms with Crippen molar-refractivity contribution in [3.05, 3.63) is 35.2 Å². The molecule has 0 bridgehead atoms. The van der Waals surface area contributed by atoms with Gasteiger partial charge in [-0.15, -0.1) is 0 Å². The van der Waals surface area contributed by atoms with Crippen LogP contribution >= 0.6 is 0 Å². The number of likely N-dealkylation sites (N-methyl/N-ethyl adjacent to an activating group) is 1. The summed E-state index contributed by atoms with van der Waals surface area (Å²) in [5, 5.41) is 0. The number of nitrogen functional groups attached to an aromatic ring is 1. The lowest BCUT2D eigenvalue weighted by Gasteiger charge is -2.27. The van der Waals surface area contributed by atoms with Gasteiger partial charge < -0.3 is 15.4 Å². The second-order valence-electron chi connectivity index (χ2n) is 5.74. The van der Waals surface area contributed by atoms with E-state index in [4.69, 9.17) is 10.5 Å². The number of benzene rings is 1. The van der Waals surface area contributed by atoms with Gasteiger partial charge in [-0.3, -0.25) is 0 Å². The summed E-state index contributed by atoms with van der Waals surface area (Å²) in [6, 6.07) is 4.26. The van der Waals surface area contributed by atoms with Gasteiger partial charge in [0.05, 0.1) is 24.7 Å². The Balaban J connectivity index is 2.09. The molecule has 3 rings (SSSR count). The monoisotopic (exact) mass is 298 g/mol. The molecule has 2 heterocycles. The van der Waals surface area contributed by atoms with Crippen molar-refractivity contribution in [2.24, 2.45) is 0 Å². The van der Waals surface area contributed by atoms with Crippen molar-refractivity contribution in [1.29, 1.82) is 0 Å². The van der Waals surface area contributed by atoms with E-state index in [2.05, 4.69) is 34.0 Å². The van der Waals surface area contributed by atoms with Gasteiger partial charge in [0, 0.05) is 18.7 Å². The molecule has 0 saturated carbocycles. The lowest BCUT2D eigenvalue weighted by molar-refractivity contribution is 0.306. The summed E-state index contributed by atoms with van der Waals surface area (Å²) in [5.41, 5.74) is 11.2. The summed E-state index contributed by atoms with van der Waals surface area (Å²) in [7, 11) is 3.87. The molecule has 1 aromatic heterocycles. The number of nitrogens with zero attached hydrogens (tertiary/aromatic N) is 3. The molecule has 2 aromatic rings. The molecule has 0 spiro atoms. The Kier molecular flexibility index (Phi) is 3.98. The van der Waals surface area contributed by atoms with Crippen LogP contribution < -0.4 is 10.5 Å². The minimum atomic E-state index is 0.510. The van der Waals surface area contributed by atoms with E-state index in [0.29, 0.717) is 5.82 Å². The van der Waals surface area contributed by atoms with Crippen LogP contribution in [0.2, 0.25) is 0 Å². The molecule has 22 heavy (non-hydrogen) atoms. The Bertz CT molecular complexity index is 699. The zero-order valence-electron chi connectivity index (χ0n) is 13.4. The minimum absolute atomic E-state index is 0.510. The first kappa shape index (κ1) is 14.8. The van der Waals surface area contributed by atoms with Crippen molar-refractivity contribution in [1.82, 2.24) is 14.9 Å². The van der Waals surface area contributed by atoms with E-state index in [9.17, 15) is 0 Å². The zero-order chi connectivity index (χ0) is 15.7. The van der Waals surface area contributed by atoms with E-state index >= 15 is 0 Å². The molecule has 1 aliphatic heterocycles. The predicted molar refractivity (Wildman–Crippen MR) is 87.8 cm³/mol. The molecule has 5 nitrogen and oxygen atoms in total. The number of nitrogens with two attached hydrogens (primary N) is 1. The molecule has 0 atom stereocenters. The lowest BCUT2D eigenvalue weighted by Crippen LogP contribution is -2.26. The fourth-order valence-electron chi connectivity index (χ4n) is 2.97. The highest BCUT2D eigenvalue weighted by atomic mass is 16.5. The van der Waals surface area contributed by atoms with E-state index in [1.807, 2.05) is 6.92 Å². The summed E-state index contributed by atoms with van der Waals surface area (Å²) in [6.45, 7) is 4.03. The van der Waals surface area contributed by atoms with E-state index in [0.717, 1.165) is 48.6 Å². The molecule has 0 fully saturated rings. The van der Waals surface area contributed by atoms with Gasteiger partial charge in [-0.25, -0.2) is 9.97 Å². The molecule has 0 unspecified atom stereocenters. The maximum atomic E-state index is 5.86. The van der Waals surface area contributed by atoms with Crippen LogP contribution in [0.15, 0.2) is 18.3 Å². The van der Waals surface area contributed by atoms with Crippen LogP contribution in [0.1, 0.15) is 23.7 Å². The van der Waals surface area contributed by atoms with Crippen LogP contribution in [0, 0.1) is 0 Å². The summed E-state index contributed by atoms with van der Waals surface area (Å²) in [4.78, 5) is 11.2. The van der Waals surface area contributed by atoms with Crippen LogP contribution in [0.3, 0.4) is 0 Å². The fourth-order valence-corrected chi connectivity index (χ4v) is 2.97. The quantitative estimate of drug-likeness (QED) is 0.942. The molecule has 2 N–H and O–H groups in total. The summed E-state index contributed by atoms with van der Waals surface area (Å²) in [6.07, 6.45) is 3.53. The van der Waals surface area contributed by atoms with Crippen molar-refractivity contribution in [2.75, 3.05) is 26.4 Å². The molecule has 0 saturated heterocycles. The average Bonchev–Trinajstić information content (AvgIpc) is 2.53. The van der Waals surface area contributed by atoms with E-state index < -0.39 is 0 Å². The second kappa shape index (κ2) is 5.93. The third-order valence-corrected chi connectivity index (χ3v) is 4.21. The van der Waals surface area contributed by atoms with Crippen molar-refractivity contribution in [3.63, 3.8) is 0 Å². The van der Waals surface area contributed by atoms with Gasteiger partial charge in [-0.1, -0.05) is 6.92 Å². The number of ether oxygens (including phenoxy) is 1. The number of aromatic nitrogens is 2.